The Morgan fingerprint density at radius 3 is 2.26 bits per heavy atom. The molecular weight excluding hydrogens is 382 g/mol. The van der Waals surface area contributed by atoms with Crippen molar-refractivity contribution in [1.82, 2.24) is 4.98 Å². The summed E-state index contributed by atoms with van der Waals surface area (Å²) in [7, 11) is 1.78. The Bertz CT molecular complexity index is 882. The lowest BCUT2D eigenvalue weighted by Gasteiger charge is -2.29. The summed E-state index contributed by atoms with van der Waals surface area (Å²) in [5.74, 6) is 2.52. The van der Waals surface area contributed by atoms with Gasteiger partial charge in [-0.05, 0) is 68.5 Å². The first kappa shape index (κ1) is 22.4. The van der Waals surface area contributed by atoms with Gasteiger partial charge in [-0.25, -0.2) is 0 Å². The van der Waals surface area contributed by atoms with E-state index in [0.717, 1.165) is 36.3 Å². The van der Waals surface area contributed by atoms with Crippen molar-refractivity contribution in [3.63, 3.8) is 0 Å². The highest BCUT2D eigenvalue weighted by Gasteiger charge is 2.27. The van der Waals surface area contributed by atoms with E-state index in [9.17, 15) is 0 Å². The Labute approximate surface area is 188 Å². The second kappa shape index (κ2) is 10.2. The lowest BCUT2D eigenvalue weighted by Crippen LogP contribution is -2.14. The summed E-state index contributed by atoms with van der Waals surface area (Å²) in [5.41, 5.74) is 18.3. The molecule has 2 saturated carbocycles. The number of aromatic nitrogens is 1. The van der Waals surface area contributed by atoms with Gasteiger partial charge in [0, 0.05) is 28.6 Å². The molecule has 1 atom stereocenters. The fourth-order valence-corrected chi connectivity index (χ4v) is 6.05. The number of fused-ring (bicyclic) bond motifs is 1. The summed E-state index contributed by atoms with van der Waals surface area (Å²) in [5, 5.41) is 1.23. The van der Waals surface area contributed by atoms with Crippen molar-refractivity contribution < 1.29 is 4.74 Å². The number of rotatable bonds is 7. The van der Waals surface area contributed by atoms with E-state index in [-0.39, 0.29) is 0 Å². The van der Waals surface area contributed by atoms with E-state index in [1.54, 1.807) is 7.11 Å². The van der Waals surface area contributed by atoms with Crippen molar-refractivity contribution in [3.05, 3.63) is 29.0 Å². The van der Waals surface area contributed by atoms with Gasteiger partial charge >= 0.3 is 0 Å². The van der Waals surface area contributed by atoms with Gasteiger partial charge in [-0.3, -0.25) is 4.98 Å². The summed E-state index contributed by atoms with van der Waals surface area (Å²) in [6.07, 6.45) is 15.1. The van der Waals surface area contributed by atoms with E-state index in [4.69, 9.17) is 21.2 Å². The Morgan fingerprint density at radius 2 is 1.65 bits per heavy atom. The molecule has 1 unspecified atom stereocenters. The van der Waals surface area contributed by atoms with E-state index in [1.165, 1.54) is 86.4 Å². The van der Waals surface area contributed by atoms with Gasteiger partial charge in [0.05, 0.1) is 18.3 Å². The van der Waals surface area contributed by atoms with Crippen LogP contribution in [0.25, 0.3) is 10.9 Å². The van der Waals surface area contributed by atoms with Crippen molar-refractivity contribution >= 4 is 16.6 Å². The van der Waals surface area contributed by atoms with E-state index in [0.29, 0.717) is 17.8 Å². The zero-order valence-electron chi connectivity index (χ0n) is 19.6. The number of ether oxygens (including phenoxy) is 1. The van der Waals surface area contributed by atoms with Gasteiger partial charge in [0.15, 0.2) is 0 Å². The Hall–Kier alpha value is -1.81. The molecule has 0 saturated heterocycles. The lowest BCUT2D eigenvalue weighted by atomic mass is 9.79. The third kappa shape index (κ3) is 4.69. The van der Waals surface area contributed by atoms with Gasteiger partial charge in [0.25, 0.3) is 0 Å². The maximum Gasteiger partial charge on any atom is 0.125 e. The fraction of sp³-hybridized carbons (Fsp3) is 0.667. The van der Waals surface area contributed by atoms with Gasteiger partial charge in [0.2, 0.25) is 0 Å². The molecule has 0 bridgehead atoms. The Morgan fingerprint density at radius 1 is 1.00 bits per heavy atom. The molecule has 31 heavy (non-hydrogen) atoms. The van der Waals surface area contributed by atoms with Crippen molar-refractivity contribution in [1.29, 1.82) is 0 Å². The quantitative estimate of drug-likeness (QED) is 0.482. The van der Waals surface area contributed by atoms with Crippen LogP contribution in [0.1, 0.15) is 119 Å². The number of methoxy groups -OCH3 is 1. The SMILES string of the molecule is COc1cc(N)c2nc(C3CCCCC3)c(C(C)CCCN)cc2c1C1CCCCC1. The van der Waals surface area contributed by atoms with Crippen LogP contribution in [-0.4, -0.2) is 18.6 Å². The molecule has 1 aromatic heterocycles. The number of benzene rings is 1. The van der Waals surface area contributed by atoms with Gasteiger partial charge < -0.3 is 16.2 Å². The smallest absolute Gasteiger partial charge is 0.125 e. The van der Waals surface area contributed by atoms with Crippen LogP contribution in [0, 0.1) is 0 Å². The van der Waals surface area contributed by atoms with Crippen LogP contribution in [0.2, 0.25) is 0 Å². The monoisotopic (exact) mass is 423 g/mol. The molecule has 0 spiro atoms. The van der Waals surface area contributed by atoms with E-state index < -0.39 is 0 Å². The Balaban J connectivity index is 1.90. The summed E-state index contributed by atoms with van der Waals surface area (Å²) < 4.78 is 5.88. The van der Waals surface area contributed by atoms with Crippen molar-refractivity contribution in [2.24, 2.45) is 5.73 Å². The largest absolute Gasteiger partial charge is 0.496 e. The van der Waals surface area contributed by atoms with Crippen LogP contribution in [0.15, 0.2) is 12.1 Å². The van der Waals surface area contributed by atoms with Gasteiger partial charge in [-0.15, -0.1) is 0 Å². The maximum atomic E-state index is 6.58. The molecule has 0 amide bonds. The third-order valence-electron chi connectivity index (χ3n) is 7.80. The second-order valence-corrected chi connectivity index (χ2v) is 9.94. The van der Waals surface area contributed by atoms with Crippen LogP contribution in [-0.2, 0) is 0 Å². The number of nitrogen functional groups attached to an aromatic ring is 1. The minimum atomic E-state index is 0.462. The van der Waals surface area contributed by atoms with Gasteiger partial charge in [0.1, 0.15) is 5.75 Å². The standard InChI is InChI=1S/C27H41N3O/c1-18(10-9-15-28)21-16-22-25(19-11-5-3-6-12-19)24(31-2)17-23(29)27(22)30-26(21)20-13-7-4-8-14-20/h16-20H,3-15,28-29H2,1-2H3. The average Bonchev–Trinajstić information content (AvgIpc) is 2.82. The summed E-state index contributed by atoms with van der Waals surface area (Å²) in [6.45, 7) is 3.10. The predicted octanol–water partition coefficient (Wildman–Crippen LogP) is 6.76. The highest BCUT2D eigenvalue weighted by atomic mass is 16.5. The van der Waals surface area contributed by atoms with Crippen molar-refractivity contribution in [3.8, 4) is 5.75 Å². The summed E-state index contributed by atoms with van der Waals surface area (Å²) in [4.78, 5) is 5.35. The van der Waals surface area contributed by atoms with Crippen LogP contribution >= 0.6 is 0 Å². The number of anilines is 1. The molecule has 4 N–H and O–H groups in total. The number of hydrogen-bond acceptors (Lipinski definition) is 4. The average molecular weight is 424 g/mol. The minimum Gasteiger partial charge on any atom is -0.496 e. The van der Waals surface area contributed by atoms with Crippen molar-refractivity contribution in [2.75, 3.05) is 19.4 Å². The number of hydrogen-bond donors (Lipinski definition) is 2. The molecule has 2 aliphatic carbocycles. The van der Waals surface area contributed by atoms with Crippen molar-refractivity contribution in [2.45, 2.75) is 102 Å². The summed E-state index contributed by atoms with van der Waals surface area (Å²) >= 11 is 0. The maximum absolute atomic E-state index is 6.58. The highest BCUT2D eigenvalue weighted by Crippen LogP contribution is 2.45. The molecule has 170 valence electrons. The topological polar surface area (TPSA) is 74.2 Å². The number of nitrogens with zero attached hydrogens (tertiary/aromatic N) is 1. The summed E-state index contributed by atoms with van der Waals surface area (Å²) in [6, 6.07) is 4.48. The second-order valence-electron chi connectivity index (χ2n) is 9.94. The Kier molecular flexibility index (Phi) is 7.37. The normalized spacial score (nSPS) is 19.6. The molecule has 4 nitrogen and oxygen atoms in total. The van der Waals surface area contributed by atoms with Gasteiger partial charge in [-0.1, -0.05) is 45.4 Å². The molecule has 2 fully saturated rings. The molecule has 2 aromatic rings. The van der Waals surface area contributed by atoms with Crippen LogP contribution in [0.4, 0.5) is 5.69 Å². The lowest BCUT2D eigenvalue weighted by molar-refractivity contribution is 0.389. The molecule has 4 rings (SSSR count). The number of nitrogens with two attached hydrogens (primary N) is 2. The van der Waals surface area contributed by atoms with Crippen LogP contribution < -0.4 is 16.2 Å². The van der Waals surface area contributed by atoms with E-state index in [2.05, 4.69) is 13.0 Å². The zero-order chi connectivity index (χ0) is 21.8. The molecule has 2 aliphatic rings. The first-order chi connectivity index (χ1) is 15.1. The third-order valence-corrected chi connectivity index (χ3v) is 7.80. The number of pyridine rings is 1. The first-order valence-corrected chi connectivity index (χ1v) is 12.6. The highest BCUT2D eigenvalue weighted by molar-refractivity contribution is 5.95. The van der Waals surface area contributed by atoms with E-state index in [1.807, 2.05) is 6.07 Å². The minimum absolute atomic E-state index is 0.462. The zero-order valence-corrected chi connectivity index (χ0v) is 19.6. The van der Waals surface area contributed by atoms with Crippen LogP contribution in [0.3, 0.4) is 0 Å². The molecule has 0 radical (unpaired) electrons. The molecule has 4 heteroatoms. The molecule has 0 aliphatic heterocycles. The van der Waals surface area contributed by atoms with Gasteiger partial charge in [-0.2, -0.15) is 0 Å². The first-order valence-electron chi connectivity index (χ1n) is 12.6. The molecule has 1 heterocycles. The molecule has 1 aromatic carbocycles. The fourth-order valence-electron chi connectivity index (χ4n) is 6.05. The van der Waals surface area contributed by atoms with Crippen LogP contribution in [0.5, 0.6) is 5.75 Å². The van der Waals surface area contributed by atoms with E-state index >= 15 is 0 Å². The molecular formula is C27H41N3O. The predicted molar refractivity (Wildman–Crippen MR) is 131 cm³/mol.